The molecule has 2 rings (SSSR count). The van der Waals surface area contributed by atoms with Gasteiger partial charge in [-0.3, -0.25) is 0 Å². The summed E-state index contributed by atoms with van der Waals surface area (Å²) < 4.78 is 28.6. The zero-order valence-corrected chi connectivity index (χ0v) is 13.3. The van der Waals surface area contributed by atoms with Crippen LogP contribution in [0.4, 0.5) is 0 Å². The van der Waals surface area contributed by atoms with Gasteiger partial charge in [0.15, 0.2) is 0 Å². The Morgan fingerprint density at radius 2 is 1.79 bits per heavy atom. The van der Waals surface area contributed by atoms with E-state index in [0.29, 0.717) is 43.9 Å². The fraction of sp³-hybridized carbons (Fsp3) is 1.00. The van der Waals surface area contributed by atoms with Crippen LogP contribution in [0.15, 0.2) is 0 Å². The monoisotopic (exact) mass is 308 g/mol. The normalized spacial score (nSPS) is 28.6. The molecule has 0 aromatic heterocycles. The molecule has 0 radical (unpaired) electrons. The van der Waals surface area contributed by atoms with E-state index in [9.17, 15) is 8.42 Å². The van der Waals surface area contributed by atoms with Crippen LogP contribution < -0.4 is 0 Å². The Morgan fingerprint density at radius 3 is 2.42 bits per heavy atom. The molecule has 6 heteroatoms. The van der Waals surface area contributed by atoms with Crippen LogP contribution in [0.5, 0.6) is 0 Å². The van der Waals surface area contributed by atoms with Crippen molar-refractivity contribution in [3.63, 3.8) is 0 Å². The fourth-order valence-corrected chi connectivity index (χ4v) is 5.07. The Balaban J connectivity index is 1.98. The van der Waals surface area contributed by atoms with Gasteiger partial charge >= 0.3 is 0 Å². The minimum absolute atomic E-state index is 0.435. The molecule has 1 atom stereocenters. The van der Waals surface area contributed by atoms with Gasteiger partial charge in [0.25, 0.3) is 10.2 Å². The summed E-state index contributed by atoms with van der Waals surface area (Å²) in [5, 5.41) is 0. The predicted molar refractivity (Wildman–Crippen MR) is 78.5 cm³/mol. The summed E-state index contributed by atoms with van der Waals surface area (Å²) in [5.41, 5.74) is 0. The lowest BCUT2D eigenvalue weighted by Gasteiger charge is -2.37. The first-order chi connectivity index (χ1) is 9.04. The molecule has 0 aromatic carbocycles. The number of hydrogen-bond donors (Lipinski definition) is 0. The Hall–Kier alpha value is 0.160. The first kappa shape index (κ1) is 15.5. The first-order valence-corrected chi connectivity index (χ1v) is 9.28. The minimum Gasteiger partial charge on any atom is -0.195 e. The average Bonchev–Trinajstić information content (AvgIpc) is 2.40. The fourth-order valence-electron chi connectivity index (χ4n) is 3.01. The van der Waals surface area contributed by atoms with E-state index in [1.807, 2.05) is 0 Å². The summed E-state index contributed by atoms with van der Waals surface area (Å²) in [6.45, 7) is 4.88. The van der Waals surface area contributed by atoms with E-state index >= 15 is 0 Å². The number of piperidine rings is 2. The summed E-state index contributed by atoms with van der Waals surface area (Å²) in [4.78, 5) is 0. The van der Waals surface area contributed by atoms with Gasteiger partial charge in [0.05, 0.1) is 0 Å². The first-order valence-electron chi connectivity index (χ1n) is 7.35. The second-order valence-electron chi connectivity index (χ2n) is 5.93. The predicted octanol–water partition coefficient (Wildman–Crippen LogP) is 2.30. The highest BCUT2D eigenvalue weighted by Crippen LogP contribution is 2.26. The van der Waals surface area contributed by atoms with Crippen LogP contribution in [-0.2, 0) is 10.2 Å². The third-order valence-electron chi connectivity index (χ3n) is 4.39. The van der Waals surface area contributed by atoms with Gasteiger partial charge in [-0.05, 0) is 43.9 Å². The lowest BCUT2D eigenvalue weighted by molar-refractivity contribution is 0.224. The van der Waals surface area contributed by atoms with Gasteiger partial charge in [0.1, 0.15) is 0 Å². The van der Waals surface area contributed by atoms with Crippen LogP contribution in [0.25, 0.3) is 0 Å². The molecule has 2 aliphatic rings. The topological polar surface area (TPSA) is 40.6 Å². The molecule has 0 bridgehead atoms. The maximum Gasteiger partial charge on any atom is 0.281 e. The maximum absolute atomic E-state index is 12.6. The van der Waals surface area contributed by atoms with E-state index in [1.54, 1.807) is 8.61 Å². The standard InChI is InChI=1S/C13H25ClN2O2S/c1-12-5-9-15(10-6-12)19(17,18)16-8-2-3-13(11-16)4-7-14/h12-13H,2-11H2,1H3. The lowest BCUT2D eigenvalue weighted by Crippen LogP contribution is -2.50. The van der Waals surface area contributed by atoms with Crippen molar-refractivity contribution < 1.29 is 8.42 Å². The van der Waals surface area contributed by atoms with Crippen LogP contribution in [0.3, 0.4) is 0 Å². The molecule has 1 unspecified atom stereocenters. The number of hydrogen-bond acceptors (Lipinski definition) is 2. The van der Waals surface area contributed by atoms with Gasteiger partial charge in [0, 0.05) is 32.1 Å². The highest BCUT2D eigenvalue weighted by molar-refractivity contribution is 7.86. The summed E-state index contributed by atoms with van der Waals surface area (Å²) in [7, 11) is -3.24. The number of nitrogens with zero attached hydrogens (tertiary/aromatic N) is 2. The summed E-state index contributed by atoms with van der Waals surface area (Å²) >= 11 is 5.78. The Labute approximate surface area is 122 Å². The molecule has 0 aliphatic carbocycles. The van der Waals surface area contributed by atoms with E-state index in [4.69, 9.17) is 11.6 Å². The van der Waals surface area contributed by atoms with E-state index in [2.05, 4.69) is 6.92 Å². The van der Waals surface area contributed by atoms with Gasteiger partial charge in [-0.15, -0.1) is 11.6 Å². The van der Waals surface area contributed by atoms with E-state index < -0.39 is 10.2 Å². The van der Waals surface area contributed by atoms with Crippen LogP contribution in [-0.4, -0.2) is 49.1 Å². The van der Waals surface area contributed by atoms with Crippen molar-refractivity contribution in [2.24, 2.45) is 11.8 Å². The molecule has 19 heavy (non-hydrogen) atoms. The Morgan fingerprint density at radius 1 is 1.11 bits per heavy atom. The summed E-state index contributed by atoms with van der Waals surface area (Å²) in [6, 6.07) is 0. The van der Waals surface area contributed by atoms with Gasteiger partial charge in [0.2, 0.25) is 0 Å². The molecule has 0 amide bonds. The van der Waals surface area contributed by atoms with Crippen molar-refractivity contribution in [1.82, 2.24) is 8.61 Å². The molecule has 0 N–H and O–H groups in total. The van der Waals surface area contributed by atoms with Crippen molar-refractivity contribution in [2.75, 3.05) is 32.1 Å². The number of alkyl halides is 1. The van der Waals surface area contributed by atoms with Gasteiger partial charge < -0.3 is 0 Å². The van der Waals surface area contributed by atoms with E-state index in [0.717, 1.165) is 32.1 Å². The third-order valence-corrected chi connectivity index (χ3v) is 6.61. The second kappa shape index (κ2) is 6.74. The SMILES string of the molecule is CC1CCN(S(=O)(=O)N2CCCC(CCCl)C2)CC1. The molecule has 2 heterocycles. The molecule has 2 aliphatic heterocycles. The molecule has 112 valence electrons. The maximum atomic E-state index is 12.6. The number of halogens is 1. The van der Waals surface area contributed by atoms with Gasteiger partial charge in [-0.2, -0.15) is 17.0 Å². The highest BCUT2D eigenvalue weighted by atomic mass is 35.5. The summed E-state index contributed by atoms with van der Waals surface area (Å²) in [5.74, 6) is 1.71. The average molecular weight is 309 g/mol. The molecule has 0 saturated carbocycles. The van der Waals surface area contributed by atoms with Gasteiger partial charge in [-0.25, -0.2) is 0 Å². The molecular weight excluding hydrogens is 284 g/mol. The van der Waals surface area contributed by atoms with Crippen molar-refractivity contribution in [3.05, 3.63) is 0 Å². The van der Waals surface area contributed by atoms with Crippen LogP contribution in [0.2, 0.25) is 0 Å². The van der Waals surface area contributed by atoms with Crippen molar-refractivity contribution in [2.45, 2.75) is 39.0 Å². The molecular formula is C13H25ClN2O2S. The van der Waals surface area contributed by atoms with Crippen LogP contribution in [0.1, 0.15) is 39.0 Å². The molecule has 2 fully saturated rings. The van der Waals surface area contributed by atoms with Gasteiger partial charge in [-0.1, -0.05) is 6.92 Å². The summed E-state index contributed by atoms with van der Waals surface area (Å²) in [6.07, 6.45) is 4.96. The molecule has 0 aromatic rings. The van der Waals surface area contributed by atoms with E-state index in [1.165, 1.54) is 0 Å². The minimum atomic E-state index is -3.24. The molecule has 0 spiro atoms. The second-order valence-corrected chi connectivity index (χ2v) is 8.24. The number of rotatable bonds is 4. The Bertz CT molecular complexity index is 378. The largest absolute Gasteiger partial charge is 0.281 e. The zero-order valence-electron chi connectivity index (χ0n) is 11.7. The molecule has 2 saturated heterocycles. The quantitative estimate of drug-likeness (QED) is 0.748. The van der Waals surface area contributed by atoms with Crippen molar-refractivity contribution >= 4 is 21.8 Å². The smallest absolute Gasteiger partial charge is 0.195 e. The molecule has 4 nitrogen and oxygen atoms in total. The van der Waals surface area contributed by atoms with Crippen LogP contribution in [0, 0.1) is 11.8 Å². The Kier molecular flexibility index (Phi) is 5.52. The van der Waals surface area contributed by atoms with Crippen LogP contribution >= 0.6 is 11.6 Å². The van der Waals surface area contributed by atoms with Crippen molar-refractivity contribution in [3.8, 4) is 0 Å². The van der Waals surface area contributed by atoms with E-state index in [-0.39, 0.29) is 0 Å². The highest BCUT2D eigenvalue weighted by Gasteiger charge is 2.34. The third kappa shape index (κ3) is 3.84. The zero-order chi connectivity index (χ0) is 13.9. The lowest BCUT2D eigenvalue weighted by atomic mass is 9.97. The van der Waals surface area contributed by atoms with Crippen molar-refractivity contribution in [1.29, 1.82) is 0 Å².